The summed E-state index contributed by atoms with van der Waals surface area (Å²) in [5, 5.41) is 8.90. The number of nitriles is 1. The average molecular weight is 345 g/mol. The lowest BCUT2D eigenvalue weighted by atomic mass is 10.0. The van der Waals surface area contributed by atoms with Gasteiger partial charge in [-0.2, -0.15) is 5.26 Å². The van der Waals surface area contributed by atoms with E-state index in [9.17, 15) is 9.18 Å². The summed E-state index contributed by atoms with van der Waals surface area (Å²) in [6.45, 7) is 0. The third-order valence-electron chi connectivity index (χ3n) is 4.10. The summed E-state index contributed by atoms with van der Waals surface area (Å²) >= 11 is 0. The van der Waals surface area contributed by atoms with Crippen molar-refractivity contribution in [2.45, 2.75) is 6.04 Å². The van der Waals surface area contributed by atoms with Gasteiger partial charge in [0, 0.05) is 18.8 Å². The smallest absolute Gasteiger partial charge is 0.254 e. The molecule has 3 aromatic rings. The maximum Gasteiger partial charge on any atom is 0.254 e. The summed E-state index contributed by atoms with van der Waals surface area (Å²) in [7, 11) is 1.66. The van der Waals surface area contributed by atoms with Crippen LogP contribution in [0.15, 0.2) is 72.9 Å². The van der Waals surface area contributed by atoms with Gasteiger partial charge in [0.15, 0.2) is 0 Å². The van der Waals surface area contributed by atoms with Crippen LogP contribution in [0.4, 0.5) is 4.39 Å². The number of hydrogen-bond donors (Lipinski definition) is 0. The summed E-state index contributed by atoms with van der Waals surface area (Å²) in [4.78, 5) is 18.8. The van der Waals surface area contributed by atoms with Crippen molar-refractivity contribution >= 4 is 5.91 Å². The van der Waals surface area contributed by atoms with E-state index in [0.29, 0.717) is 22.4 Å². The van der Waals surface area contributed by atoms with Crippen LogP contribution < -0.4 is 0 Å². The summed E-state index contributed by atoms with van der Waals surface area (Å²) in [5.74, 6) is -0.614. The van der Waals surface area contributed by atoms with Crippen molar-refractivity contribution in [1.82, 2.24) is 9.88 Å². The van der Waals surface area contributed by atoms with Crippen molar-refractivity contribution in [1.29, 1.82) is 5.26 Å². The van der Waals surface area contributed by atoms with Crippen LogP contribution in [-0.4, -0.2) is 22.8 Å². The molecule has 0 spiro atoms. The summed E-state index contributed by atoms with van der Waals surface area (Å²) in [6, 6.07) is 19.5. The second-order valence-electron chi connectivity index (χ2n) is 5.82. The van der Waals surface area contributed by atoms with Crippen molar-refractivity contribution in [3.8, 4) is 6.07 Å². The summed E-state index contributed by atoms with van der Waals surface area (Å²) in [6.07, 6.45) is 1.64. The zero-order valence-corrected chi connectivity index (χ0v) is 14.1. The Hall–Kier alpha value is -3.52. The lowest BCUT2D eigenvalue weighted by Crippen LogP contribution is -2.32. The van der Waals surface area contributed by atoms with Crippen LogP contribution in [-0.2, 0) is 0 Å². The van der Waals surface area contributed by atoms with E-state index in [2.05, 4.69) is 4.98 Å². The van der Waals surface area contributed by atoms with Crippen LogP contribution in [0.3, 0.4) is 0 Å². The Bertz CT molecular complexity index is 949. The molecule has 26 heavy (non-hydrogen) atoms. The van der Waals surface area contributed by atoms with E-state index in [-0.39, 0.29) is 11.7 Å². The molecule has 0 saturated carbocycles. The number of nitrogens with zero attached hydrogens (tertiary/aromatic N) is 3. The maximum absolute atomic E-state index is 13.8. The van der Waals surface area contributed by atoms with Crippen LogP contribution in [0.2, 0.25) is 0 Å². The summed E-state index contributed by atoms with van der Waals surface area (Å²) in [5.41, 5.74) is 2.20. The van der Waals surface area contributed by atoms with E-state index in [1.807, 2.05) is 12.1 Å². The molecular weight excluding hydrogens is 329 g/mol. The van der Waals surface area contributed by atoms with Crippen LogP contribution in [0.5, 0.6) is 0 Å². The zero-order chi connectivity index (χ0) is 18.5. The topological polar surface area (TPSA) is 57.0 Å². The quantitative estimate of drug-likeness (QED) is 0.719. The molecule has 3 rings (SSSR count). The molecule has 0 saturated heterocycles. The second kappa shape index (κ2) is 7.58. The van der Waals surface area contributed by atoms with Crippen molar-refractivity contribution in [3.05, 3.63) is 101 Å². The Morgan fingerprint density at radius 1 is 1.12 bits per heavy atom. The van der Waals surface area contributed by atoms with Gasteiger partial charge in [0.2, 0.25) is 0 Å². The lowest BCUT2D eigenvalue weighted by Gasteiger charge is -2.28. The van der Waals surface area contributed by atoms with Gasteiger partial charge in [-0.15, -0.1) is 0 Å². The van der Waals surface area contributed by atoms with Gasteiger partial charge in [-0.05, 0) is 54.1 Å². The monoisotopic (exact) mass is 345 g/mol. The largest absolute Gasteiger partial charge is 0.329 e. The van der Waals surface area contributed by atoms with Gasteiger partial charge in [0.1, 0.15) is 5.82 Å². The predicted octanol–water partition coefficient (Wildman–Crippen LogP) is 3.95. The molecule has 0 fully saturated rings. The Balaban J connectivity index is 2.00. The first-order chi connectivity index (χ1) is 12.6. The minimum Gasteiger partial charge on any atom is -0.329 e. The molecule has 1 amide bonds. The molecule has 1 aromatic heterocycles. The van der Waals surface area contributed by atoms with Crippen LogP contribution in [0.1, 0.15) is 33.2 Å². The molecule has 0 aliphatic heterocycles. The number of rotatable bonds is 4. The third kappa shape index (κ3) is 3.60. The van der Waals surface area contributed by atoms with E-state index in [0.717, 1.165) is 0 Å². The van der Waals surface area contributed by atoms with E-state index in [4.69, 9.17) is 5.26 Å². The van der Waals surface area contributed by atoms with Crippen molar-refractivity contribution < 1.29 is 9.18 Å². The number of benzene rings is 2. The highest BCUT2D eigenvalue weighted by Gasteiger charge is 2.25. The van der Waals surface area contributed by atoms with Crippen LogP contribution in [0.25, 0.3) is 0 Å². The predicted molar refractivity (Wildman–Crippen MR) is 95.7 cm³/mol. The fourth-order valence-corrected chi connectivity index (χ4v) is 2.82. The Kier molecular flexibility index (Phi) is 5.04. The third-order valence-corrected chi connectivity index (χ3v) is 4.10. The average Bonchev–Trinajstić information content (AvgIpc) is 2.68. The highest BCUT2D eigenvalue weighted by Crippen LogP contribution is 2.28. The molecule has 5 heteroatoms. The zero-order valence-electron chi connectivity index (χ0n) is 14.1. The molecule has 0 unspecified atom stereocenters. The SMILES string of the molecule is CN(C(=O)c1ccc(C#N)cc1)[C@@H](c1cccc(F)c1)c1ccccn1. The molecule has 0 aliphatic rings. The van der Waals surface area contributed by atoms with E-state index in [1.165, 1.54) is 17.0 Å². The molecule has 128 valence electrons. The summed E-state index contributed by atoms with van der Waals surface area (Å²) < 4.78 is 13.8. The highest BCUT2D eigenvalue weighted by atomic mass is 19.1. The van der Waals surface area contributed by atoms with Gasteiger partial charge in [0.05, 0.1) is 23.4 Å². The number of amides is 1. The molecule has 1 atom stereocenters. The first kappa shape index (κ1) is 17.3. The molecule has 1 heterocycles. The highest BCUT2D eigenvalue weighted by molar-refractivity contribution is 5.94. The van der Waals surface area contributed by atoms with E-state index >= 15 is 0 Å². The van der Waals surface area contributed by atoms with Crippen molar-refractivity contribution in [2.75, 3.05) is 7.05 Å². The van der Waals surface area contributed by atoms with Gasteiger partial charge < -0.3 is 4.90 Å². The fourth-order valence-electron chi connectivity index (χ4n) is 2.82. The van der Waals surface area contributed by atoms with Crippen LogP contribution in [0, 0.1) is 17.1 Å². The van der Waals surface area contributed by atoms with Gasteiger partial charge in [-0.1, -0.05) is 18.2 Å². The van der Waals surface area contributed by atoms with Crippen LogP contribution >= 0.6 is 0 Å². The van der Waals surface area contributed by atoms with Gasteiger partial charge in [-0.3, -0.25) is 9.78 Å². The minimum absolute atomic E-state index is 0.241. The normalized spacial score (nSPS) is 11.4. The van der Waals surface area contributed by atoms with Crippen molar-refractivity contribution in [3.63, 3.8) is 0 Å². The maximum atomic E-state index is 13.8. The number of carbonyl (C=O) groups is 1. The number of carbonyl (C=O) groups excluding carboxylic acids is 1. The molecule has 0 radical (unpaired) electrons. The lowest BCUT2D eigenvalue weighted by molar-refractivity contribution is 0.0752. The minimum atomic E-state index is -0.532. The second-order valence-corrected chi connectivity index (χ2v) is 5.82. The molecule has 0 N–H and O–H groups in total. The number of hydrogen-bond acceptors (Lipinski definition) is 3. The van der Waals surface area contributed by atoms with Gasteiger partial charge >= 0.3 is 0 Å². The van der Waals surface area contributed by atoms with E-state index in [1.54, 1.807) is 61.8 Å². The fraction of sp³-hybridized carbons (Fsp3) is 0.0952. The van der Waals surface area contributed by atoms with Gasteiger partial charge in [-0.25, -0.2) is 4.39 Å². The Morgan fingerprint density at radius 2 is 1.88 bits per heavy atom. The number of aromatic nitrogens is 1. The first-order valence-electron chi connectivity index (χ1n) is 8.04. The Labute approximate surface area is 151 Å². The first-order valence-corrected chi connectivity index (χ1v) is 8.04. The van der Waals surface area contributed by atoms with Gasteiger partial charge in [0.25, 0.3) is 5.91 Å². The molecule has 2 aromatic carbocycles. The number of halogens is 1. The Morgan fingerprint density at radius 3 is 2.50 bits per heavy atom. The molecule has 0 bridgehead atoms. The van der Waals surface area contributed by atoms with Crippen molar-refractivity contribution in [2.24, 2.45) is 0 Å². The molecule has 0 aliphatic carbocycles. The molecule has 4 nitrogen and oxygen atoms in total. The standard InChI is InChI=1S/C21H16FN3O/c1-25(21(26)16-10-8-15(14-23)9-11-16)20(19-7-2-3-12-24-19)17-5-4-6-18(22)13-17/h2-13,20H,1H3/t20-/m0/s1. The number of pyridine rings is 1. The molecular formula is C21H16FN3O. The van der Waals surface area contributed by atoms with E-state index < -0.39 is 6.04 Å².